The number of thiazole rings is 1. The van der Waals surface area contributed by atoms with Gasteiger partial charge in [0, 0.05) is 23.2 Å². The third-order valence-corrected chi connectivity index (χ3v) is 4.84. The Morgan fingerprint density at radius 3 is 2.74 bits per heavy atom. The van der Waals surface area contributed by atoms with Crippen molar-refractivity contribution in [2.75, 3.05) is 11.4 Å². The first-order valence-corrected chi connectivity index (χ1v) is 8.21. The fourth-order valence-corrected chi connectivity index (χ4v) is 3.58. The number of halogens is 1. The van der Waals surface area contributed by atoms with Crippen LogP contribution in [0.2, 0.25) is 0 Å². The van der Waals surface area contributed by atoms with Crippen molar-refractivity contribution < 1.29 is 9.18 Å². The van der Waals surface area contributed by atoms with Crippen LogP contribution in [0.5, 0.6) is 0 Å². The van der Waals surface area contributed by atoms with E-state index in [9.17, 15) is 9.18 Å². The number of hydrogen-bond acceptors (Lipinski definition) is 3. The monoisotopic (exact) mass is 324 g/mol. The number of para-hydroxylation sites is 1. The average Bonchev–Trinajstić information content (AvgIpc) is 3.22. The van der Waals surface area contributed by atoms with Gasteiger partial charge in [0.1, 0.15) is 16.5 Å². The van der Waals surface area contributed by atoms with Gasteiger partial charge in [0.25, 0.3) is 5.91 Å². The van der Waals surface area contributed by atoms with Crippen molar-refractivity contribution in [3.8, 4) is 10.6 Å². The van der Waals surface area contributed by atoms with E-state index in [2.05, 4.69) is 4.98 Å². The molecule has 0 fully saturated rings. The number of hydrogen-bond donors (Lipinski definition) is 0. The summed E-state index contributed by atoms with van der Waals surface area (Å²) in [6, 6.07) is 14.1. The number of amides is 1. The molecule has 0 radical (unpaired) electrons. The fraction of sp³-hybridized carbons (Fsp3) is 0.111. The molecular weight excluding hydrogens is 311 g/mol. The van der Waals surface area contributed by atoms with E-state index in [1.54, 1.807) is 22.4 Å². The molecule has 5 heteroatoms. The second-order valence-corrected chi connectivity index (χ2v) is 6.24. The molecule has 3 nitrogen and oxygen atoms in total. The van der Waals surface area contributed by atoms with Gasteiger partial charge in [-0.15, -0.1) is 11.3 Å². The molecule has 0 aliphatic carbocycles. The summed E-state index contributed by atoms with van der Waals surface area (Å²) in [5, 5.41) is 2.49. The molecule has 0 atom stereocenters. The highest BCUT2D eigenvalue weighted by Crippen LogP contribution is 2.30. The Kier molecular flexibility index (Phi) is 3.42. The minimum Gasteiger partial charge on any atom is -0.306 e. The number of aromatic nitrogens is 1. The zero-order valence-corrected chi connectivity index (χ0v) is 13.0. The Morgan fingerprint density at radius 1 is 1.13 bits per heavy atom. The van der Waals surface area contributed by atoms with Crippen molar-refractivity contribution in [2.45, 2.75) is 6.42 Å². The first kappa shape index (κ1) is 14.1. The van der Waals surface area contributed by atoms with Crippen molar-refractivity contribution in [3.63, 3.8) is 0 Å². The SMILES string of the molecule is O=C(c1csc(-c2ccc(F)cc2)n1)N1CCc2ccccc21. The van der Waals surface area contributed by atoms with E-state index >= 15 is 0 Å². The Morgan fingerprint density at radius 2 is 1.91 bits per heavy atom. The minimum atomic E-state index is -0.282. The molecule has 3 aromatic rings. The van der Waals surface area contributed by atoms with Gasteiger partial charge in [0.15, 0.2) is 0 Å². The summed E-state index contributed by atoms with van der Waals surface area (Å²) in [6.07, 6.45) is 0.872. The first-order valence-electron chi connectivity index (χ1n) is 7.33. The summed E-state index contributed by atoms with van der Waals surface area (Å²) < 4.78 is 13.0. The molecule has 23 heavy (non-hydrogen) atoms. The van der Waals surface area contributed by atoms with Crippen LogP contribution in [0.25, 0.3) is 10.6 Å². The summed E-state index contributed by atoms with van der Waals surface area (Å²) in [5.41, 5.74) is 3.41. The molecule has 2 aromatic carbocycles. The molecule has 0 unspecified atom stereocenters. The number of benzene rings is 2. The number of nitrogens with zero attached hydrogens (tertiary/aromatic N) is 2. The van der Waals surface area contributed by atoms with Crippen molar-refractivity contribution in [1.29, 1.82) is 0 Å². The number of rotatable bonds is 2. The van der Waals surface area contributed by atoms with Gasteiger partial charge in [0.2, 0.25) is 0 Å². The van der Waals surface area contributed by atoms with Crippen LogP contribution < -0.4 is 4.90 Å². The standard InChI is InChI=1S/C18H13FN2OS/c19-14-7-5-13(6-8-14)17-20-15(11-23-17)18(22)21-10-9-12-3-1-2-4-16(12)21/h1-8,11H,9-10H2. The predicted octanol–water partition coefficient (Wildman–Crippen LogP) is 4.15. The topological polar surface area (TPSA) is 33.2 Å². The maximum atomic E-state index is 13.0. The van der Waals surface area contributed by atoms with Gasteiger partial charge >= 0.3 is 0 Å². The molecular formula is C18H13FN2OS. The highest BCUT2D eigenvalue weighted by molar-refractivity contribution is 7.13. The molecule has 0 bridgehead atoms. The Hall–Kier alpha value is -2.53. The summed E-state index contributed by atoms with van der Waals surface area (Å²) in [7, 11) is 0. The van der Waals surface area contributed by atoms with Crippen LogP contribution in [0.15, 0.2) is 53.9 Å². The van der Waals surface area contributed by atoms with Gasteiger partial charge in [0.05, 0.1) is 0 Å². The largest absolute Gasteiger partial charge is 0.306 e. The summed E-state index contributed by atoms with van der Waals surface area (Å²) >= 11 is 1.40. The summed E-state index contributed by atoms with van der Waals surface area (Å²) in [6.45, 7) is 0.682. The molecule has 1 aliphatic rings. The maximum absolute atomic E-state index is 13.0. The quantitative estimate of drug-likeness (QED) is 0.709. The van der Waals surface area contributed by atoms with E-state index in [1.807, 2.05) is 24.3 Å². The van der Waals surface area contributed by atoms with E-state index in [0.29, 0.717) is 12.2 Å². The average molecular weight is 324 g/mol. The lowest BCUT2D eigenvalue weighted by molar-refractivity contribution is 0.0985. The summed E-state index contributed by atoms with van der Waals surface area (Å²) in [4.78, 5) is 18.9. The zero-order chi connectivity index (χ0) is 15.8. The lowest BCUT2D eigenvalue weighted by atomic mass is 10.2. The van der Waals surface area contributed by atoms with Crippen molar-refractivity contribution in [3.05, 3.63) is 71.0 Å². The van der Waals surface area contributed by atoms with Gasteiger partial charge in [-0.3, -0.25) is 4.79 Å². The van der Waals surface area contributed by atoms with Crippen molar-refractivity contribution in [2.24, 2.45) is 0 Å². The molecule has 0 saturated carbocycles. The predicted molar refractivity (Wildman–Crippen MR) is 89.3 cm³/mol. The minimum absolute atomic E-state index is 0.0837. The number of fused-ring (bicyclic) bond motifs is 1. The molecule has 2 heterocycles. The number of anilines is 1. The van der Waals surface area contributed by atoms with Crippen LogP contribution in [0, 0.1) is 5.82 Å². The lowest BCUT2D eigenvalue weighted by Gasteiger charge is -2.15. The molecule has 4 rings (SSSR count). The molecule has 1 aliphatic heterocycles. The zero-order valence-electron chi connectivity index (χ0n) is 12.2. The Labute approximate surface area is 137 Å². The highest BCUT2D eigenvalue weighted by Gasteiger charge is 2.26. The lowest BCUT2D eigenvalue weighted by Crippen LogP contribution is -2.29. The Bertz CT molecular complexity index is 873. The second kappa shape index (κ2) is 5.59. The smallest absolute Gasteiger partial charge is 0.277 e. The third kappa shape index (κ3) is 2.53. The van der Waals surface area contributed by atoms with Crippen molar-refractivity contribution in [1.82, 2.24) is 4.98 Å². The molecule has 0 spiro atoms. The normalized spacial score (nSPS) is 13.2. The molecule has 0 saturated heterocycles. The van der Waals surface area contributed by atoms with E-state index in [-0.39, 0.29) is 11.7 Å². The van der Waals surface area contributed by atoms with Gasteiger partial charge in [-0.25, -0.2) is 9.37 Å². The van der Waals surface area contributed by atoms with Gasteiger partial charge in [-0.05, 0) is 42.3 Å². The molecule has 1 aromatic heterocycles. The highest BCUT2D eigenvalue weighted by atomic mass is 32.1. The van der Waals surface area contributed by atoms with Crippen LogP contribution in [0.4, 0.5) is 10.1 Å². The first-order chi connectivity index (χ1) is 11.2. The molecule has 1 amide bonds. The van der Waals surface area contributed by atoms with Crippen LogP contribution >= 0.6 is 11.3 Å². The van der Waals surface area contributed by atoms with Gasteiger partial charge in [-0.1, -0.05) is 18.2 Å². The van der Waals surface area contributed by atoms with Gasteiger partial charge in [-0.2, -0.15) is 0 Å². The molecule has 114 valence electrons. The maximum Gasteiger partial charge on any atom is 0.277 e. The van der Waals surface area contributed by atoms with Crippen LogP contribution in [0.1, 0.15) is 16.1 Å². The van der Waals surface area contributed by atoms with Gasteiger partial charge < -0.3 is 4.90 Å². The fourth-order valence-electron chi connectivity index (χ4n) is 2.78. The number of carbonyl (C=O) groups excluding carboxylic acids is 1. The van der Waals surface area contributed by atoms with E-state index < -0.39 is 0 Å². The Balaban J connectivity index is 1.62. The van der Waals surface area contributed by atoms with Crippen LogP contribution in [-0.4, -0.2) is 17.4 Å². The number of carbonyl (C=O) groups is 1. The summed E-state index contributed by atoms with van der Waals surface area (Å²) in [5.74, 6) is -0.366. The van der Waals surface area contributed by atoms with E-state index in [4.69, 9.17) is 0 Å². The van der Waals surface area contributed by atoms with E-state index in [1.165, 1.54) is 29.0 Å². The van der Waals surface area contributed by atoms with E-state index in [0.717, 1.165) is 22.7 Å². The third-order valence-electron chi connectivity index (χ3n) is 3.95. The second-order valence-electron chi connectivity index (χ2n) is 5.38. The molecule has 0 N–H and O–H groups in total. The van der Waals surface area contributed by atoms with Crippen LogP contribution in [-0.2, 0) is 6.42 Å². The van der Waals surface area contributed by atoms with Crippen molar-refractivity contribution >= 4 is 22.9 Å². The van der Waals surface area contributed by atoms with Crippen LogP contribution in [0.3, 0.4) is 0 Å².